The number of hydrogen-bond donors (Lipinski definition) is 0. The summed E-state index contributed by atoms with van der Waals surface area (Å²) in [5.41, 5.74) is 1.87. The molecule has 1 aromatic heterocycles. The van der Waals surface area contributed by atoms with Crippen LogP contribution in [0.5, 0.6) is 0 Å². The zero-order chi connectivity index (χ0) is 14.3. The molecule has 2 aromatic rings. The normalized spacial score (nSPS) is 17.1. The molecule has 102 valence electrons. The zero-order valence-electron chi connectivity index (χ0n) is 10.8. The average Bonchev–Trinajstić information content (AvgIpc) is 2.77. The highest BCUT2D eigenvalue weighted by Crippen LogP contribution is 2.33. The lowest BCUT2D eigenvalue weighted by Gasteiger charge is -2.23. The van der Waals surface area contributed by atoms with Gasteiger partial charge in [0.05, 0.1) is 5.56 Å². The maximum atomic E-state index is 14.0. The molecule has 20 heavy (non-hydrogen) atoms. The van der Waals surface area contributed by atoms with Crippen molar-refractivity contribution < 1.29 is 9.18 Å². The van der Waals surface area contributed by atoms with Gasteiger partial charge in [0.25, 0.3) is 5.91 Å². The van der Waals surface area contributed by atoms with E-state index in [0.717, 1.165) is 17.7 Å². The molecule has 0 bridgehead atoms. The highest BCUT2D eigenvalue weighted by Gasteiger charge is 2.32. The van der Waals surface area contributed by atoms with Gasteiger partial charge in [-0.1, -0.05) is 29.8 Å². The van der Waals surface area contributed by atoms with Crippen molar-refractivity contribution in [1.82, 2.24) is 4.98 Å². The Labute approximate surface area is 121 Å². The fourth-order valence-corrected chi connectivity index (χ4v) is 2.75. The van der Waals surface area contributed by atoms with Crippen LogP contribution < -0.4 is 4.90 Å². The first-order chi connectivity index (χ1) is 9.59. The fourth-order valence-electron chi connectivity index (χ4n) is 2.59. The monoisotopic (exact) mass is 290 g/mol. The smallest absolute Gasteiger partial charge is 0.261 e. The largest absolute Gasteiger partial charge is 0.305 e. The summed E-state index contributed by atoms with van der Waals surface area (Å²) < 4.78 is 14.0. The van der Waals surface area contributed by atoms with Crippen LogP contribution in [0.15, 0.2) is 36.5 Å². The number of carbonyl (C=O) groups is 1. The summed E-state index contributed by atoms with van der Waals surface area (Å²) in [6.45, 7) is 1.94. The predicted molar refractivity (Wildman–Crippen MR) is 75.6 cm³/mol. The summed E-state index contributed by atoms with van der Waals surface area (Å²) in [6.07, 6.45) is 2.10. The molecule has 3 rings (SSSR count). The van der Waals surface area contributed by atoms with E-state index >= 15 is 0 Å². The van der Waals surface area contributed by atoms with E-state index in [4.69, 9.17) is 11.6 Å². The Morgan fingerprint density at radius 3 is 2.95 bits per heavy atom. The minimum absolute atomic E-state index is 0.00811. The first-order valence-corrected chi connectivity index (χ1v) is 6.69. The molecule has 3 nitrogen and oxygen atoms in total. The van der Waals surface area contributed by atoms with Crippen molar-refractivity contribution in [2.24, 2.45) is 0 Å². The number of aromatic nitrogens is 1. The van der Waals surface area contributed by atoms with Crippen LogP contribution in [-0.4, -0.2) is 16.9 Å². The number of rotatable bonds is 1. The lowest BCUT2D eigenvalue weighted by molar-refractivity contribution is 0.0977. The molecule has 0 aliphatic carbocycles. The van der Waals surface area contributed by atoms with Crippen molar-refractivity contribution >= 4 is 23.2 Å². The fraction of sp³-hybridized carbons (Fsp3) is 0.200. The Kier molecular flexibility index (Phi) is 3.18. The van der Waals surface area contributed by atoms with E-state index in [-0.39, 0.29) is 22.7 Å². The van der Waals surface area contributed by atoms with Gasteiger partial charge in [-0.25, -0.2) is 9.37 Å². The number of benzene rings is 1. The molecule has 0 saturated heterocycles. The summed E-state index contributed by atoms with van der Waals surface area (Å²) in [7, 11) is 0. The number of pyridine rings is 1. The molecule has 1 unspecified atom stereocenters. The van der Waals surface area contributed by atoms with Gasteiger partial charge in [0, 0.05) is 17.9 Å². The molecule has 1 amide bonds. The highest BCUT2D eigenvalue weighted by atomic mass is 35.5. The number of nitrogens with zero attached hydrogens (tertiary/aromatic N) is 2. The Balaban J connectivity index is 2.05. The minimum atomic E-state index is -0.768. The number of halogens is 2. The van der Waals surface area contributed by atoms with E-state index in [0.29, 0.717) is 0 Å². The van der Waals surface area contributed by atoms with E-state index < -0.39 is 5.82 Å². The molecule has 0 N–H and O–H groups in total. The molecule has 0 spiro atoms. The summed E-state index contributed by atoms with van der Waals surface area (Å²) in [5.74, 6) is -1.15. The summed E-state index contributed by atoms with van der Waals surface area (Å²) in [6, 6.07) is 9.01. The molecule has 0 radical (unpaired) electrons. The molecule has 5 heteroatoms. The predicted octanol–water partition coefficient (Wildman–Crippen LogP) is 3.47. The quantitative estimate of drug-likeness (QED) is 0.754. The van der Waals surface area contributed by atoms with Crippen LogP contribution in [0.2, 0.25) is 5.15 Å². The lowest BCUT2D eigenvalue weighted by atomic mass is 10.1. The van der Waals surface area contributed by atoms with Crippen LogP contribution in [0.3, 0.4) is 0 Å². The van der Waals surface area contributed by atoms with Gasteiger partial charge in [-0.2, -0.15) is 0 Å². The van der Waals surface area contributed by atoms with Crippen molar-refractivity contribution in [2.75, 3.05) is 4.90 Å². The lowest BCUT2D eigenvalue weighted by Crippen LogP contribution is -2.36. The Morgan fingerprint density at radius 1 is 1.40 bits per heavy atom. The molecule has 1 atom stereocenters. The molecule has 0 saturated carbocycles. The van der Waals surface area contributed by atoms with Gasteiger partial charge in [-0.15, -0.1) is 0 Å². The van der Waals surface area contributed by atoms with Crippen molar-refractivity contribution in [3.63, 3.8) is 0 Å². The van der Waals surface area contributed by atoms with Gasteiger partial charge in [-0.05, 0) is 31.0 Å². The average molecular weight is 291 g/mol. The van der Waals surface area contributed by atoms with Gasteiger partial charge in [0.1, 0.15) is 0 Å². The standard InChI is InChI=1S/C15H12ClFN2O/c1-9-8-10-4-2-3-5-12(10)19(9)15(20)11-6-7-18-14(16)13(11)17/h2-7,9H,8H2,1H3. The topological polar surface area (TPSA) is 33.2 Å². The van der Waals surface area contributed by atoms with Crippen LogP contribution in [0, 0.1) is 5.82 Å². The van der Waals surface area contributed by atoms with E-state index in [2.05, 4.69) is 4.98 Å². The highest BCUT2D eigenvalue weighted by molar-refractivity contribution is 6.30. The van der Waals surface area contributed by atoms with E-state index in [9.17, 15) is 9.18 Å². The summed E-state index contributed by atoms with van der Waals surface area (Å²) in [4.78, 5) is 17.8. The van der Waals surface area contributed by atoms with Crippen LogP contribution in [-0.2, 0) is 6.42 Å². The van der Waals surface area contributed by atoms with Crippen molar-refractivity contribution in [1.29, 1.82) is 0 Å². The Hall–Kier alpha value is -1.94. The van der Waals surface area contributed by atoms with Gasteiger partial charge >= 0.3 is 0 Å². The number of hydrogen-bond acceptors (Lipinski definition) is 2. The SMILES string of the molecule is CC1Cc2ccccc2N1C(=O)c1ccnc(Cl)c1F. The zero-order valence-corrected chi connectivity index (χ0v) is 11.6. The number of fused-ring (bicyclic) bond motifs is 1. The van der Waals surface area contributed by atoms with E-state index in [1.165, 1.54) is 12.3 Å². The van der Waals surface area contributed by atoms with E-state index in [1.54, 1.807) is 4.90 Å². The molecule has 2 heterocycles. The molecule has 1 aromatic carbocycles. The number of carbonyl (C=O) groups excluding carboxylic acids is 1. The summed E-state index contributed by atoms with van der Waals surface area (Å²) in [5, 5.41) is -0.281. The minimum Gasteiger partial charge on any atom is -0.305 e. The second kappa shape index (κ2) is 4.87. The van der Waals surface area contributed by atoms with Gasteiger partial charge in [0.15, 0.2) is 11.0 Å². The first kappa shape index (κ1) is 13.1. The van der Waals surface area contributed by atoms with Crippen LogP contribution >= 0.6 is 11.6 Å². The van der Waals surface area contributed by atoms with Gasteiger partial charge < -0.3 is 4.90 Å². The second-order valence-electron chi connectivity index (χ2n) is 4.82. The second-order valence-corrected chi connectivity index (χ2v) is 5.18. The van der Waals surface area contributed by atoms with E-state index in [1.807, 2.05) is 31.2 Å². The van der Waals surface area contributed by atoms with Crippen LogP contribution in [0.4, 0.5) is 10.1 Å². The maximum Gasteiger partial charge on any atom is 0.261 e. The van der Waals surface area contributed by atoms with Gasteiger partial charge in [0.2, 0.25) is 0 Å². The number of amides is 1. The van der Waals surface area contributed by atoms with Gasteiger partial charge in [-0.3, -0.25) is 4.79 Å². The third kappa shape index (κ3) is 1.96. The Morgan fingerprint density at radius 2 is 2.15 bits per heavy atom. The van der Waals surface area contributed by atoms with Crippen molar-refractivity contribution in [3.05, 3.63) is 58.6 Å². The molecule has 1 aliphatic heterocycles. The molecular formula is C15H12ClFN2O. The molecule has 1 aliphatic rings. The molecule has 0 fully saturated rings. The first-order valence-electron chi connectivity index (χ1n) is 6.31. The number of para-hydroxylation sites is 1. The Bertz CT molecular complexity index is 689. The maximum absolute atomic E-state index is 14.0. The third-order valence-electron chi connectivity index (χ3n) is 3.50. The van der Waals surface area contributed by atoms with Crippen molar-refractivity contribution in [3.8, 4) is 0 Å². The number of anilines is 1. The summed E-state index contributed by atoms with van der Waals surface area (Å²) >= 11 is 5.64. The third-order valence-corrected chi connectivity index (χ3v) is 3.77. The molecular weight excluding hydrogens is 279 g/mol. The van der Waals surface area contributed by atoms with Crippen molar-refractivity contribution in [2.45, 2.75) is 19.4 Å². The van der Waals surface area contributed by atoms with Crippen LogP contribution in [0.25, 0.3) is 0 Å². The van der Waals surface area contributed by atoms with Crippen LogP contribution in [0.1, 0.15) is 22.8 Å².